The van der Waals surface area contributed by atoms with Crippen LogP contribution < -0.4 is 9.67 Å². The first-order chi connectivity index (χ1) is 6.24. The number of nitrogens with zero attached hydrogens (tertiary/aromatic N) is 1. The van der Waals surface area contributed by atoms with Crippen LogP contribution in [0.25, 0.3) is 0 Å². The van der Waals surface area contributed by atoms with E-state index in [4.69, 9.17) is 0 Å². The van der Waals surface area contributed by atoms with E-state index in [1.807, 2.05) is 10.8 Å². The van der Waals surface area contributed by atoms with Crippen molar-refractivity contribution in [3.8, 4) is 0 Å². The van der Waals surface area contributed by atoms with Gasteiger partial charge in [0.25, 0.3) is 0 Å². The van der Waals surface area contributed by atoms with E-state index in [2.05, 4.69) is 6.92 Å². The average Bonchev–Trinajstić information content (AvgIpc) is 2.15. The van der Waals surface area contributed by atoms with Gasteiger partial charge in [0.05, 0.1) is 11.5 Å². The number of aryl methyl sites for hydroxylation is 1. The SMILES string of the molecule is CCCC[n+]1cccc(C(=O)[O-])c1. The molecule has 0 fully saturated rings. The van der Waals surface area contributed by atoms with Gasteiger partial charge in [0.1, 0.15) is 6.54 Å². The van der Waals surface area contributed by atoms with Crippen LogP contribution in [0.4, 0.5) is 0 Å². The lowest BCUT2D eigenvalue weighted by molar-refractivity contribution is -0.697. The predicted molar refractivity (Wildman–Crippen MR) is 45.9 cm³/mol. The third-order valence-corrected chi connectivity index (χ3v) is 1.86. The van der Waals surface area contributed by atoms with Crippen LogP contribution in [0.15, 0.2) is 24.5 Å². The number of hydrogen-bond acceptors (Lipinski definition) is 2. The summed E-state index contributed by atoms with van der Waals surface area (Å²) in [5.74, 6) is -1.12. The second-order valence-electron chi connectivity index (χ2n) is 2.97. The number of hydrogen-bond donors (Lipinski definition) is 0. The van der Waals surface area contributed by atoms with E-state index in [-0.39, 0.29) is 5.56 Å². The second-order valence-corrected chi connectivity index (χ2v) is 2.97. The molecule has 3 heteroatoms. The lowest BCUT2D eigenvalue weighted by Gasteiger charge is -2.00. The molecule has 1 rings (SSSR count). The first kappa shape index (κ1) is 9.71. The van der Waals surface area contributed by atoms with Crippen LogP contribution in [-0.2, 0) is 6.54 Å². The Bertz CT molecular complexity index is 297. The molecular weight excluding hydrogens is 166 g/mol. The van der Waals surface area contributed by atoms with Gasteiger partial charge in [0.2, 0.25) is 0 Å². The molecular formula is C10H13NO2. The molecule has 0 unspecified atom stereocenters. The zero-order chi connectivity index (χ0) is 9.68. The summed E-state index contributed by atoms with van der Waals surface area (Å²) in [5, 5.41) is 10.5. The molecule has 0 spiro atoms. The topological polar surface area (TPSA) is 44.0 Å². The number of carboxylic acid groups (broad SMARTS) is 1. The zero-order valence-corrected chi connectivity index (χ0v) is 7.69. The molecule has 0 radical (unpaired) electrons. The predicted octanol–water partition coefficient (Wildman–Crippen LogP) is 0.138. The van der Waals surface area contributed by atoms with Crippen LogP contribution >= 0.6 is 0 Å². The molecule has 0 saturated carbocycles. The molecule has 0 bridgehead atoms. The quantitative estimate of drug-likeness (QED) is 0.617. The fourth-order valence-electron chi connectivity index (χ4n) is 1.12. The summed E-state index contributed by atoms with van der Waals surface area (Å²) in [6.07, 6.45) is 5.62. The number of aromatic carboxylic acids is 1. The third-order valence-electron chi connectivity index (χ3n) is 1.86. The van der Waals surface area contributed by atoms with E-state index in [0.717, 1.165) is 19.4 Å². The van der Waals surface area contributed by atoms with Crippen molar-refractivity contribution >= 4 is 5.97 Å². The van der Waals surface area contributed by atoms with E-state index in [1.54, 1.807) is 12.3 Å². The molecule has 13 heavy (non-hydrogen) atoms. The Balaban J connectivity index is 2.73. The van der Waals surface area contributed by atoms with Gasteiger partial charge >= 0.3 is 0 Å². The summed E-state index contributed by atoms with van der Waals surface area (Å²) in [6.45, 7) is 2.96. The van der Waals surface area contributed by atoms with Crippen LogP contribution in [0.2, 0.25) is 0 Å². The number of carboxylic acids is 1. The third kappa shape index (κ3) is 2.86. The normalized spacial score (nSPS) is 9.92. The molecule has 0 aliphatic carbocycles. The number of rotatable bonds is 4. The molecule has 0 aromatic carbocycles. The maximum atomic E-state index is 10.5. The highest BCUT2D eigenvalue weighted by molar-refractivity contribution is 5.84. The molecule has 0 aliphatic rings. The lowest BCUT2D eigenvalue weighted by atomic mass is 10.3. The number of unbranched alkanes of at least 4 members (excludes halogenated alkanes) is 1. The average molecular weight is 179 g/mol. The van der Waals surface area contributed by atoms with Crippen molar-refractivity contribution in [3.05, 3.63) is 30.1 Å². The maximum absolute atomic E-state index is 10.5. The van der Waals surface area contributed by atoms with Gasteiger partial charge < -0.3 is 9.90 Å². The summed E-state index contributed by atoms with van der Waals surface area (Å²) >= 11 is 0. The van der Waals surface area contributed by atoms with Gasteiger partial charge in [-0.25, -0.2) is 4.57 Å². The van der Waals surface area contributed by atoms with Gasteiger partial charge in [-0.3, -0.25) is 0 Å². The zero-order valence-electron chi connectivity index (χ0n) is 7.69. The number of pyridine rings is 1. The van der Waals surface area contributed by atoms with Gasteiger partial charge in [-0.2, -0.15) is 0 Å². The number of aromatic nitrogens is 1. The summed E-state index contributed by atoms with van der Waals surface area (Å²) in [7, 11) is 0. The molecule has 0 atom stereocenters. The Morgan fingerprint density at radius 2 is 2.38 bits per heavy atom. The van der Waals surface area contributed by atoms with Crippen molar-refractivity contribution in [1.82, 2.24) is 0 Å². The Morgan fingerprint density at radius 1 is 1.62 bits per heavy atom. The molecule has 0 aliphatic heterocycles. The minimum Gasteiger partial charge on any atom is -0.545 e. The van der Waals surface area contributed by atoms with E-state index in [9.17, 15) is 9.90 Å². The first-order valence-electron chi connectivity index (χ1n) is 4.44. The highest BCUT2D eigenvalue weighted by Gasteiger charge is 2.01. The minimum atomic E-state index is -1.12. The second kappa shape index (κ2) is 4.60. The van der Waals surface area contributed by atoms with E-state index < -0.39 is 5.97 Å². The monoisotopic (exact) mass is 179 g/mol. The molecule has 0 saturated heterocycles. The Labute approximate surface area is 77.6 Å². The molecule has 1 aromatic rings. The van der Waals surface area contributed by atoms with E-state index in [0.29, 0.717) is 0 Å². The minimum absolute atomic E-state index is 0.235. The standard InChI is InChI=1S/C10H13NO2/c1-2-3-6-11-7-4-5-9(8-11)10(12)13/h4-5,7-8H,2-3,6H2,1H3. The highest BCUT2D eigenvalue weighted by Crippen LogP contribution is 1.93. The lowest BCUT2D eigenvalue weighted by Crippen LogP contribution is -2.35. The van der Waals surface area contributed by atoms with Gasteiger partial charge in [0.15, 0.2) is 12.4 Å². The van der Waals surface area contributed by atoms with Crippen LogP contribution in [0.5, 0.6) is 0 Å². The number of carbonyl (C=O) groups is 1. The first-order valence-corrected chi connectivity index (χ1v) is 4.44. The number of carbonyl (C=O) groups excluding carboxylic acids is 1. The molecule has 1 heterocycles. The molecule has 1 aromatic heterocycles. The van der Waals surface area contributed by atoms with Gasteiger partial charge in [-0.05, 0) is 6.07 Å². The highest BCUT2D eigenvalue weighted by atomic mass is 16.4. The summed E-state index contributed by atoms with van der Waals surface area (Å²) < 4.78 is 1.87. The van der Waals surface area contributed by atoms with E-state index in [1.165, 1.54) is 6.07 Å². The molecule has 70 valence electrons. The fourth-order valence-corrected chi connectivity index (χ4v) is 1.12. The van der Waals surface area contributed by atoms with Crippen molar-refractivity contribution < 1.29 is 14.5 Å². The van der Waals surface area contributed by atoms with Crippen molar-refractivity contribution in [2.75, 3.05) is 0 Å². The van der Waals surface area contributed by atoms with Crippen LogP contribution in [0, 0.1) is 0 Å². The summed E-state index contributed by atoms with van der Waals surface area (Å²) in [6, 6.07) is 3.26. The smallest absolute Gasteiger partial charge is 0.177 e. The van der Waals surface area contributed by atoms with Crippen molar-refractivity contribution in [1.29, 1.82) is 0 Å². The maximum Gasteiger partial charge on any atom is 0.177 e. The Hall–Kier alpha value is -1.38. The summed E-state index contributed by atoms with van der Waals surface area (Å²) in [4.78, 5) is 10.5. The van der Waals surface area contributed by atoms with Crippen molar-refractivity contribution in [2.45, 2.75) is 26.3 Å². The largest absolute Gasteiger partial charge is 0.545 e. The molecule has 0 amide bonds. The van der Waals surface area contributed by atoms with Gasteiger partial charge in [0, 0.05) is 12.5 Å². The Kier molecular flexibility index (Phi) is 3.43. The Morgan fingerprint density at radius 3 is 3.00 bits per heavy atom. The fraction of sp³-hybridized carbons (Fsp3) is 0.400. The molecule has 0 N–H and O–H groups in total. The van der Waals surface area contributed by atoms with Crippen LogP contribution in [0.1, 0.15) is 30.1 Å². The van der Waals surface area contributed by atoms with Gasteiger partial charge in [-0.1, -0.05) is 13.3 Å². The van der Waals surface area contributed by atoms with Crippen molar-refractivity contribution in [2.24, 2.45) is 0 Å². The molecule has 3 nitrogen and oxygen atoms in total. The van der Waals surface area contributed by atoms with Crippen LogP contribution in [-0.4, -0.2) is 5.97 Å². The summed E-state index contributed by atoms with van der Waals surface area (Å²) in [5.41, 5.74) is 0.235. The van der Waals surface area contributed by atoms with E-state index >= 15 is 0 Å². The van der Waals surface area contributed by atoms with Gasteiger partial charge in [-0.15, -0.1) is 0 Å². The van der Waals surface area contributed by atoms with Crippen LogP contribution in [0.3, 0.4) is 0 Å². The van der Waals surface area contributed by atoms with Crippen molar-refractivity contribution in [3.63, 3.8) is 0 Å².